The number of allylic oxidation sites excluding steroid dienone is 1. The molecule has 2 heteroatoms. The molecule has 2 atom stereocenters. The second-order valence-corrected chi connectivity index (χ2v) is 4.21. The van der Waals surface area contributed by atoms with Crippen LogP contribution in [0.5, 0.6) is 0 Å². The van der Waals surface area contributed by atoms with E-state index in [2.05, 4.69) is 18.0 Å². The number of carbonyl (C=O) groups is 1. The Labute approximate surface area is 79.6 Å². The average molecular weight is 179 g/mol. The first-order chi connectivity index (χ1) is 6.20. The molecule has 0 spiro atoms. The van der Waals surface area contributed by atoms with Crippen LogP contribution in [-0.2, 0) is 4.79 Å². The summed E-state index contributed by atoms with van der Waals surface area (Å²) in [4.78, 5) is 13.8. The van der Waals surface area contributed by atoms with Crippen LogP contribution < -0.4 is 0 Å². The quantitative estimate of drug-likeness (QED) is 0.611. The Morgan fingerprint density at radius 2 is 2.23 bits per heavy atom. The van der Waals surface area contributed by atoms with Crippen molar-refractivity contribution in [3.05, 3.63) is 11.6 Å². The Bertz CT molecular complexity index is 257. The number of ketones is 1. The summed E-state index contributed by atoms with van der Waals surface area (Å²) in [5.41, 5.74) is 1.06. The molecule has 1 saturated heterocycles. The molecule has 2 heterocycles. The highest BCUT2D eigenvalue weighted by Crippen LogP contribution is 2.33. The van der Waals surface area contributed by atoms with Crippen LogP contribution in [0, 0.1) is 0 Å². The number of hydrogen-bond donors (Lipinski definition) is 0. The van der Waals surface area contributed by atoms with Crippen molar-refractivity contribution in [1.29, 1.82) is 0 Å². The van der Waals surface area contributed by atoms with Crippen LogP contribution in [0.1, 0.15) is 32.6 Å². The molecule has 2 bridgehead atoms. The van der Waals surface area contributed by atoms with Crippen molar-refractivity contribution in [2.75, 3.05) is 7.05 Å². The maximum atomic E-state index is 11.4. The SMILES string of the molecule is CC(=O)C1=CCCC2CCC1N2C. The van der Waals surface area contributed by atoms with Gasteiger partial charge in [-0.15, -0.1) is 0 Å². The molecule has 72 valence electrons. The van der Waals surface area contributed by atoms with E-state index in [9.17, 15) is 4.79 Å². The normalized spacial score (nSPS) is 34.2. The lowest BCUT2D eigenvalue weighted by molar-refractivity contribution is -0.114. The molecule has 2 unspecified atom stereocenters. The fraction of sp³-hybridized carbons (Fsp3) is 0.727. The summed E-state index contributed by atoms with van der Waals surface area (Å²) in [6.45, 7) is 1.69. The number of nitrogens with zero attached hydrogens (tertiary/aromatic N) is 1. The largest absolute Gasteiger partial charge is 0.296 e. The molecule has 2 aliphatic rings. The minimum atomic E-state index is 0.263. The van der Waals surface area contributed by atoms with Gasteiger partial charge in [-0.25, -0.2) is 0 Å². The summed E-state index contributed by atoms with van der Waals surface area (Å²) in [7, 11) is 2.16. The Morgan fingerprint density at radius 3 is 2.92 bits per heavy atom. The smallest absolute Gasteiger partial charge is 0.157 e. The van der Waals surface area contributed by atoms with E-state index in [-0.39, 0.29) is 5.78 Å². The highest BCUT2D eigenvalue weighted by molar-refractivity contribution is 5.94. The van der Waals surface area contributed by atoms with Crippen molar-refractivity contribution in [1.82, 2.24) is 4.90 Å². The summed E-state index contributed by atoms with van der Waals surface area (Å²) in [5, 5.41) is 0. The van der Waals surface area contributed by atoms with E-state index in [0.717, 1.165) is 18.0 Å². The van der Waals surface area contributed by atoms with Crippen molar-refractivity contribution in [2.45, 2.75) is 44.7 Å². The molecule has 0 saturated carbocycles. The predicted molar refractivity (Wildman–Crippen MR) is 52.6 cm³/mol. The van der Waals surface area contributed by atoms with E-state index in [0.29, 0.717) is 6.04 Å². The van der Waals surface area contributed by atoms with Crippen LogP contribution in [-0.4, -0.2) is 29.8 Å². The predicted octanol–water partition coefficient (Wildman–Crippen LogP) is 1.76. The van der Waals surface area contributed by atoms with E-state index in [1.807, 2.05) is 0 Å². The van der Waals surface area contributed by atoms with E-state index in [4.69, 9.17) is 0 Å². The molecule has 2 nitrogen and oxygen atoms in total. The summed E-state index contributed by atoms with van der Waals surface area (Å²) >= 11 is 0. The van der Waals surface area contributed by atoms with Gasteiger partial charge < -0.3 is 0 Å². The molecule has 0 aromatic heterocycles. The summed E-state index contributed by atoms with van der Waals surface area (Å²) in [6.07, 6.45) is 6.91. The minimum Gasteiger partial charge on any atom is -0.296 e. The fourth-order valence-electron chi connectivity index (χ4n) is 2.68. The lowest BCUT2D eigenvalue weighted by atomic mass is 9.97. The van der Waals surface area contributed by atoms with Crippen molar-refractivity contribution in [3.63, 3.8) is 0 Å². The van der Waals surface area contributed by atoms with Crippen LogP contribution >= 0.6 is 0 Å². The number of hydrogen-bond acceptors (Lipinski definition) is 2. The van der Waals surface area contributed by atoms with Crippen LogP contribution in [0.15, 0.2) is 11.6 Å². The molecule has 2 aliphatic heterocycles. The van der Waals surface area contributed by atoms with Gasteiger partial charge in [-0.3, -0.25) is 9.69 Å². The molecule has 0 aromatic carbocycles. The third kappa shape index (κ3) is 1.44. The third-order valence-corrected chi connectivity index (χ3v) is 3.47. The number of fused-ring (bicyclic) bond motifs is 2. The summed E-state index contributed by atoms with van der Waals surface area (Å²) in [5.74, 6) is 0.263. The Kier molecular flexibility index (Phi) is 2.24. The highest BCUT2D eigenvalue weighted by atomic mass is 16.1. The molecule has 1 fully saturated rings. The second kappa shape index (κ2) is 3.26. The molecular formula is C11H17NO. The lowest BCUT2D eigenvalue weighted by Gasteiger charge is -2.23. The minimum absolute atomic E-state index is 0.263. The van der Waals surface area contributed by atoms with Crippen molar-refractivity contribution in [3.8, 4) is 0 Å². The van der Waals surface area contributed by atoms with Gasteiger partial charge in [0.25, 0.3) is 0 Å². The molecule has 0 amide bonds. The number of Topliss-reactive ketones (excluding diaryl/α,β-unsaturated/α-hetero) is 1. The van der Waals surface area contributed by atoms with Crippen molar-refractivity contribution < 1.29 is 4.79 Å². The maximum Gasteiger partial charge on any atom is 0.157 e. The van der Waals surface area contributed by atoms with Gasteiger partial charge in [-0.2, -0.15) is 0 Å². The number of likely N-dealkylation sites (N-methyl/N-ethyl adjacent to an activating group) is 1. The van der Waals surface area contributed by atoms with Gasteiger partial charge in [-0.1, -0.05) is 6.08 Å². The van der Waals surface area contributed by atoms with Crippen LogP contribution in [0.4, 0.5) is 0 Å². The Morgan fingerprint density at radius 1 is 1.46 bits per heavy atom. The van der Waals surface area contributed by atoms with Crippen molar-refractivity contribution in [2.24, 2.45) is 0 Å². The number of rotatable bonds is 1. The first kappa shape index (κ1) is 8.95. The zero-order chi connectivity index (χ0) is 9.42. The van der Waals surface area contributed by atoms with Gasteiger partial charge in [0.1, 0.15) is 0 Å². The molecule has 2 rings (SSSR count). The van der Waals surface area contributed by atoms with Crippen LogP contribution in [0.25, 0.3) is 0 Å². The molecule has 0 aromatic rings. The molecule has 13 heavy (non-hydrogen) atoms. The summed E-state index contributed by atoms with van der Waals surface area (Å²) < 4.78 is 0. The van der Waals surface area contributed by atoms with Gasteiger partial charge in [-0.05, 0) is 39.7 Å². The van der Waals surface area contributed by atoms with Crippen molar-refractivity contribution >= 4 is 5.78 Å². The molecule has 0 radical (unpaired) electrons. The highest BCUT2D eigenvalue weighted by Gasteiger charge is 2.35. The Balaban J connectivity index is 2.27. The van der Waals surface area contributed by atoms with E-state index >= 15 is 0 Å². The number of carbonyl (C=O) groups excluding carboxylic acids is 1. The third-order valence-electron chi connectivity index (χ3n) is 3.47. The summed E-state index contributed by atoms with van der Waals surface area (Å²) in [6, 6.07) is 1.14. The second-order valence-electron chi connectivity index (χ2n) is 4.21. The lowest BCUT2D eigenvalue weighted by Crippen LogP contribution is -2.33. The van der Waals surface area contributed by atoms with Gasteiger partial charge >= 0.3 is 0 Å². The molecule has 0 aliphatic carbocycles. The zero-order valence-corrected chi connectivity index (χ0v) is 8.42. The van der Waals surface area contributed by atoms with E-state index < -0.39 is 0 Å². The average Bonchev–Trinajstić information content (AvgIpc) is 2.26. The fourth-order valence-corrected chi connectivity index (χ4v) is 2.68. The van der Waals surface area contributed by atoms with Gasteiger partial charge in [0, 0.05) is 17.7 Å². The monoisotopic (exact) mass is 179 g/mol. The van der Waals surface area contributed by atoms with Gasteiger partial charge in [0.2, 0.25) is 0 Å². The zero-order valence-electron chi connectivity index (χ0n) is 8.42. The molecular weight excluding hydrogens is 162 g/mol. The van der Waals surface area contributed by atoms with Crippen LogP contribution in [0.3, 0.4) is 0 Å². The van der Waals surface area contributed by atoms with Gasteiger partial charge in [0.15, 0.2) is 5.78 Å². The first-order valence-electron chi connectivity index (χ1n) is 5.13. The van der Waals surface area contributed by atoms with E-state index in [1.165, 1.54) is 19.3 Å². The maximum absolute atomic E-state index is 11.4. The molecule has 0 N–H and O–H groups in total. The Hall–Kier alpha value is -0.630. The topological polar surface area (TPSA) is 20.3 Å². The van der Waals surface area contributed by atoms with E-state index in [1.54, 1.807) is 6.92 Å². The van der Waals surface area contributed by atoms with Gasteiger partial charge in [0.05, 0.1) is 0 Å². The first-order valence-corrected chi connectivity index (χ1v) is 5.13. The van der Waals surface area contributed by atoms with Crippen LogP contribution in [0.2, 0.25) is 0 Å². The standard InChI is InChI=1S/C11H17NO/c1-8(13)10-5-3-4-9-6-7-11(10)12(9)2/h5,9,11H,3-4,6-7H2,1-2H3.